The molecule has 0 bridgehead atoms. The van der Waals surface area contributed by atoms with E-state index < -0.39 is 53.8 Å². The van der Waals surface area contributed by atoms with Gasteiger partial charge in [-0.15, -0.1) is 0 Å². The number of primary amides is 1. The van der Waals surface area contributed by atoms with Crippen LogP contribution in [-0.4, -0.2) is 90.3 Å². The summed E-state index contributed by atoms with van der Waals surface area (Å²) >= 11 is 0. The summed E-state index contributed by atoms with van der Waals surface area (Å²) in [7, 11) is 3.08. The number of hydrogen-bond acceptors (Lipinski definition) is 7. The number of carbonyl (C=O) groups excluding carboxylic acids is 4. The van der Waals surface area contributed by atoms with E-state index in [1.54, 1.807) is 38.4 Å². The lowest BCUT2D eigenvalue weighted by Crippen LogP contribution is -2.55. The molecule has 0 aliphatic carbocycles. The molecule has 4 amide bonds. The topological polar surface area (TPSA) is 273 Å². The van der Waals surface area contributed by atoms with Crippen molar-refractivity contribution in [1.29, 1.82) is 5.41 Å². The number of nitrogen functional groups attached to an aromatic ring is 1. The van der Waals surface area contributed by atoms with Gasteiger partial charge in [-0.05, 0) is 41.2 Å². The van der Waals surface area contributed by atoms with Crippen LogP contribution in [-0.2, 0) is 36.8 Å². The number of benzene rings is 3. The zero-order chi connectivity index (χ0) is 39.2. The average molecular weight is 730 g/mol. The van der Waals surface area contributed by atoms with Gasteiger partial charge in [0.25, 0.3) is 0 Å². The van der Waals surface area contributed by atoms with Gasteiger partial charge >= 0.3 is 12.1 Å². The zero-order valence-corrected chi connectivity index (χ0v) is 28.4. The van der Waals surface area contributed by atoms with E-state index >= 15 is 0 Å². The predicted molar refractivity (Wildman–Crippen MR) is 188 cm³/mol. The van der Waals surface area contributed by atoms with Crippen molar-refractivity contribution in [3.63, 3.8) is 0 Å². The fourth-order valence-electron chi connectivity index (χ4n) is 4.80. The number of aliphatic imine (C=N–C) groups is 1. The maximum Gasteiger partial charge on any atom is 0.490 e. The molecule has 0 saturated carbocycles. The second-order valence-corrected chi connectivity index (χ2v) is 11.8. The molecule has 3 aromatic rings. The first-order valence-electron chi connectivity index (χ1n) is 15.7. The number of rotatable bonds is 15. The second-order valence-electron chi connectivity index (χ2n) is 11.8. The largest absolute Gasteiger partial charge is 0.490 e. The summed E-state index contributed by atoms with van der Waals surface area (Å²) in [6, 6.07) is 17.9. The highest BCUT2D eigenvalue weighted by Crippen LogP contribution is 2.18. The minimum atomic E-state index is -5.08. The fourth-order valence-corrected chi connectivity index (χ4v) is 4.80. The molecule has 52 heavy (non-hydrogen) atoms. The number of carboxylic acids is 1. The monoisotopic (exact) mass is 729 g/mol. The molecular weight excluding hydrogens is 687 g/mol. The quantitative estimate of drug-likeness (QED) is 0.0474. The summed E-state index contributed by atoms with van der Waals surface area (Å²) in [5, 5.41) is 22.1. The number of nitrogens with one attached hydrogen (secondary N) is 3. The standard InChI is InChI=1S/C32H41N9O4.C2HF3O2/c1-41(2)31(45)24(17-19-9-13-22(14-10-19)27(33)34)29(43)40-26(18-20-11-12-21-6-3-4-7-23(21)16-20)30(44)39-25(28(35)42)8-5-15-38-32(36)37;3-2(4,5)1(6)7/h3-4,6-7,9-14,16,24-26H,5,8,15,17-18H2,1-2H3,(H3,33,34)(H2,35,42)(H,39,44)(H,40,43)(H4,36,37,38);(H,6,7)/t24?,25-,26-;/m0./s1. The molecule has 0 spiro atoms. The van der Waals surface area contributed by atoms with E-state index in [1.165, 1.54) is 4.90 Å². The van der Waals surface area contributed by atoms with E-state index in [-0.39, 0.29) is 37.6 Å². The Kier molecular flexibility index (Phi) is 15.5. The van der Waals surface area contributed by atoms with Crippen molar-refractivity contribution in [2.24, 2.45) is 33.8 Å². The molecule has 280 valence electrons. The third kappa shape index (κ3) is 13.6. The molecule has 0 aromatic heterocycles. The Morgan fingerprint density at radius 1 is 0.827 bits per heavy atom. The number of carbonyl (C=O) groups is 5. The molecule has 3 rings (SSSR count). The highest BCUT2D eigenvalue weighted by Gasteiger charge is 2.38. The Labute approximate surface area is 297 Å². The second kappa shape index (κ2) is 19.3. The van der Waals surface area contributed by atoms with Gasteiger partial charge in [-0.25, -0.2) is 4.79 Å². The van der Waals surface area contributed by atoms with Gasteiger partial charge in [0.2, 0.25) is 23.6 Å². The number of amidine groups is 1. The highest BCUT2D eigenvalue weighted by molar-refractivity contribution is 6.02. The van der Waals surface area contributed by atoms with E-state index in [0.717, 1.165) is 16.3 Å². The summed E-state index contributed by atoms with van der Waals surface area (Å²) in [5.74, 6) is -6.62. The maximum absolute atomic E-state index is 13.8. The van der Waals surface area contributed by atoms with E-state index in [9.17, 15) is 32.3 Å². The molecule has 18 heteroatoms. The van der Waals surface area contributed by atoms with Crippen LogP contribution in [0.25, 0.3) is 10.8 Å². The lowest BCUT2D eigenvalue weighted by molar-refractivity contribution is -0.192. The van der Waals surface area contributed by atoms with Crippen LogP contribution in [0.15, 0.2) is 71.7 Å². The Morgan fingerprint density at radius 3 is 1.90 bits per heavy atom. The minimum Gasteiger partial charge on any atom is -0.475 e. The summed E-state index contributed by atoms with van der Waals surface area (Å²) in [6.07, 6.45) is -4.42. The van der Waals surface area contributed by atoms with Gasteiger partial charge in [-0.1, -0.05) is 66.7 Å². The normalized spacial score (nSPS) is 12.6. The number of carboxylic acid groups (broad SMARTS) is 1. The molecular formula is C34H42F3N9O6. The van der Waals surface area contributed by atoms with Gasteiger partial charge in [0.1, 0.15) is 23.8 Å². The minimum absolute atomic E-state index is 0.0417. The van der Waals surface area contributed by atoms with Gasteiger partial charge in [0.15, 0.2) is 5.96 Å². The third-order valence-corrected chi connectivity index (χ3v) is 7.49. The lowest BCUT2D eigenvalue weighted by atomic mass is 9.95. The SMILES string of the molecule is CN(C)C(=O)C(Cc1ccc(C(=N)N)cc1)C(=O)N[C@@H](Cc1ccc2ccccc2c1)C(=O)N[C@@H](CCCN=C(N)N)C(N)=O.O=C(O)C(F)(F)F. The number of alkyl halides is 3. The summed E-state index contributed by atoms with van der Waals surface area (Å²) < 4.78 is 31.7. The summed E-state index contributed by atoms with van der Waals surface area (Å²) in [6.45, 7) is 0.237. The molecule has 0 saturated heterocycles. The number of nitrogens with two attached hydrogens (primary N) is 4. The smallest absolute Gasteiger partial charge is 0.475 e. The number of aliphatic carboxylic acids is 1. The zero-order valence-electron chi connectivity index (χ0n) is 28.4. The number of amides is 4. The molecule has 0 aliphatic heterocycles. The van der Waals surface area contributed by atoms with Crippen LogP contribution in [0, 0.1) is 11.3 Å². The van der Waals surface area contributed by atoms with Gasteiger partial charge in [0.05, 0.1) is 0 Å². The van der Waals surface area contributed by atoms with Crippen LogP contribution in [0.5, 0.6) is 0 Å². The van der Waals surface area contributed by atoms with Gasteiger partial charge in [-0.3, -0.25) is 29.6 Å². The molecule has 15 nitrogen and oxygen atoms in total. The molecule has 0 radical (unpaired) electrons. The number of hydrogen-bond donors (Lipinski definition) is 8. The highest BCUT2D eigenvalue weighted by atomic mass is 19.4. The average Bonchev–Trinajstić information content (AvgIpc) is 3.07. The van der Waals surface area contributed by atoms with Gasteiger partial charge in [0, 0.05) is 32.6 Å². The molecule has 0 heterocycles. The van der Waals surface area contributed by atoms with E-state index in [2.05, 4.69) is 15.6 Å². The number of guanidine groups is 1. The number of fused-ring (bicyclic) bond motifs is 1. The van der Waals surface area contributed by atoms with Crippen molar-refractivity contribution in [2.75, 3.05) is 20.6 Å². The van der Waals surface area contributed by atoms with Crippen molar-refractivity contribution in [1.82, 2.24) is 15.5 Å². The Balaban J connectivity index is 0.00000121. The van der Waals surface area contributed by atoms with Crippen molar-refractivity contribution >= 4 is 52.2 Å². The van der Waals surface area contributed by atoms with Crippen molar-refractivity contribution in [2.45, 2.75) is 43.9 Å². The van der Waals surface area contributed by atoms with E-state index in [4.69, 9.17) is 38.2 Å². The fraction of sp³-hybridized carbons (Fsp3) is 0.324. The predicted octanol–water partition coefficient (Wildman–Crippen LogP) is 0.755. The third-order valence-electron chi connectivity index (χ3n) is 7.49. The van der Waals surface area contributed by atoms with Crippen LogP contribution >= 0.6 is 0 Å². The van der Waals surface area contributed by atoms with Crippen LogP contribution in [0.4, 0.5) is 13.2 Å². The van der Waals surface area contributed by atoms with Gasteiger partial charge < -0.3 is 43.6 Å². The van der Waals surface area contributed by atoms with Crippen molar-refractivity contribution < 1.29 is 42.3 Å². The lowest BCUT2D eigenvalue weighted by Gasteiger charge is -2.25. The van der Waals surface area contributed by atoms with E-state index in [0.29, 0.717) is 17.5 Å². The van der Waals surface area contributed by atoms with Crippen LogP contribution in [0.3, 0.4) is 0 Å². The molecule has 3 atom stereocenters. The van der Waals surface area contributed by atoms with E-state index in [1.807, 2.05) is 42.5 Å². The summed E-state index contributed by atoms with van der Waals surface area (Å²) in [5.41, 5.74) is 23.8. The van der Waals surface area contributed by atoms with Crippen LogP contribution in [0.2, 0.25) is 0 Å². The molecule has 0 fully saturated rings. The number of nitrogens with zero attached hydrogens (tertiary/aromatic N) is 2. The Hall–Kier alpha value is -6.20. The maximum atomic E-state index is 13.8. The van der Waals surface area contributed by atoms with Crippen LogP contribution < -0.4 is 33.6 Å². The number of halogens is 3. The molecule has 3 aromatic carbocycles. The summed E-state index contributed by atoms with van der Waals surface area (Å²) in [4.78, 5) is 66.9. The van der Waals surface area contributed by atoms with Crippen molar-refractivity contribution in [3.05, 3.63) is 83.4 Å². The molecule has 12 N–H and O–H groups in total. The van der Waals surface area contributed by atoms with Crippen molar-refractivity contribution in [3.8, 4) is 0 Å². The first-order chi connectivity index (χ1) is 24.3. The van der Waals surface area contributed by atoms with Gasteiger partial charge in [-0.2, -0.15) is 13.2 Å². The first-order valence-corrected chi connectivity index (χ1v) is 15.7. The molecule has 1 unspecified atom stereocenters. The Morgan fingerprint density at radius 2 is 1.38 bits per heavy atom. The van der Waals surface area contributed by atoms with Crippen LogP contribution in [0.1, 0.15) is 29.5 Å². The molecule has 0 aliphatic rings. The Bertz CT molecular complexity index is 1780. The first kappa shape index (κ1) is 42.0.